The zero-order valence-electron chi connectivity index (χ0n) is 20.1. The lowest BCUT2D eigenvalue weighted by atomic mass is 9.76. The first-order valence-corrected chi connectivity index (χ1v) is 11.7. The molecule has 1 unspecified atom stereocenters. The summed E-state index contributed by atoms with van der Waals surface area (Å²) in [6.45, 7) is 8.54. The first-order chi connectivity index (χ1) is 15.8. The van der Waals surface area contributed by atoms with Crippen molar-refractivity contribution in [3.8, 4) is 0 Å². The fourth-order valence-corrected chi connectivity index (χ4v) is 4.75. The highest BCUT2D eigenvalue weighted by Gasteiger charge is 2.40. The van der Waals surface area contributed by atoms with Gasteiger partial charge in [-0.2, -0.15) is 0 Å². The predicted molar refractivity (Wildman–Crippen MR) is 135 cm³/mol. The summed E-state index contributed by atoms with van der Waals surface area (Å²) in [6, 6.07) is 31.9. The van der Waals surface area contributed by atoms with Gasteiger partial charge < -0.3 is 9.67 Å². The van der Waals surface area contributed by atoms with Crippen molar-refractivity contribution in [2.45, 2.75) is 52.2 Å². The number of hydrogen-bond acceptors (Lipinski definition) is 2. The van der Waals surface area contributed by atoms with E-state index >= 15 is 0 Å². The topological polar surface area (TPSA) is 38.1 Å². The monoisotopic (exact) mass is 438 g/mol. The average Bonchev–Trinajstić information content (AvgIpc) is 3.16. The maximum atomic E-state index is 10.4. The van der Waals surface area contributed by atoms with E-state index in [0.717, 1.165) is 34.6 Å². The third-order valence-electron chi connectivity index (χ3n) is 5.95. The second-order valence-electron chi connectivity index (χ2n) is 10.1. The summed E-state index contributed by atoms with van der Waals surface area (Å²) in [7, 11) is 0. The van der Waals surface area contributed by atoms with Crippen LogP contribution < -0.4 is 0 Å². The van der Waals surface area contributed by atoms with Gasteiger partial charge in [-0.15, -0.1) is 0 Å². The summed E-state index contributed by atoms with van der Waals surface area (Å²) in [5.41, 5.74) is 4.02. The van der Waals surface area contributed by atoms with Gasteiger partial charge in [0.15, 0.2) is 0 Å². The van der Waals surface area contributed by atoms with Crippen molar-refractivity contribution in [2.75, 3.05) is 0 Å². The van der Waals surface area contributed by atoms with Gasteiger partial charge in [-0.25, -0.2) is 4.98 Å². The van der Waals surface area contributed by atoms with E-state index in [1.807, 2.05) is 6.92 Å². The second kappa shape index (κ2) is 9.36. The molecule has 0 amide bonds. The van der Waals surface area contributed by atoms with E-state index < -0.39 is 11.6 Å². The number of aromatic nitrogens is 2. The third-order valence-corrected chi connectivity index (χ3v) is 5.95. The SMILES string of the molecule is CC(O)Cc1nc(CC(C)(C)C)cn1C(c1ccccc1)(c1ccccc1)c1ccccc1. The van der Waals surface area contributed by atoms with Crippen molar-refractivity contribution < 1.29 is 5.11 Å². The summed E-state index contributed by atoms with van der Waals surface area (Å²) in [6.07, 6.45) is 3.06. The van der Waals surface area contributed by atoms with Gasteiger partial charge in [-0.1, -0.05) is 112 Å². The van der Waals surface area contributed by atoms with Crippen molar-refractivity contribution >= 4 is 0 Å². The van der Waals surface area contributed by atoms with Crippen molar-refractivity contribution in [3.05, 3.63) is 125 Å². The van der Waals surface area contributed by atoms with E-state index in [1.165, 1.54) is 0 Å². The van der Waals surface area contributed by atoms with Crippen LogP contribution in [0, 0.1) is 5.41 Å². The Morgan fingerprint density at radius 1 is 0.758 bits per heavy atom. The Labute approximate surface area is 197 Å². The molecule has 1 aromatic heterocycles. The Kier molecular flexibility index (Phi) is 6.53. The smallest absolute Gasteiger partial charge is 0.121 e. The van der Waals surface area contributed by atoms with Crippen LogP contribution in [0.25, 0.3) is 0 Å². The maximum Gasteiger partial charge on any atom is 0.121 e. The van der Waals surface area contributed by atoms with Gasteiger partial charge in [-0.05, 0) is 35.4 Å². The molecule has 3 aromatic carbocycles. The van der Waals surface area contributed by atoms with Gasteiger partial charge in [0.2, 0.25) is 0 Å². The van der Waals surface area contributed by atoms with Crippen LogP contribution in [-0.4, -0.2) is 20.8 Å². The molecule has 0 aliphatic rings. The first-order valence-electron chi connectivity index (χ1n) is 11.7. The first kappa shape index (κ1) is 23.0. The zero-order chi connectivity index (χ0) is 23.5. The highest BCUT2D eigenvalue weighted by atomic mass is 16.3. The van der Waals surface area contributed by atoms with E-state index in [2.05, 4.69) is 123 Å². The quantitative estimate of drug-likeness (QED) is 0.347. The second-order valence-corrected chi connectivity index (χ2v) is 10.1. The predicted octanol–water partition coefficient (Wildman–Crippen LogP) is 6.24. The number of nitrogens with zero attached hydrogens (tertiary/aromatic N) is 2. The number of aliphatic hydroxyl groups is 1. The molecule has 0 radical (unpaired) electrons. The lowest BCUT2D eigenvalue weighted by Gasteiger charge is -2.38. The van der Waals surface area contributed by atoms with Crippen molar-refractivity contribution in [2.24, 2.45) is 5.41 Å². The minimum atomic E-state index is -0.614. The van der Waals surface area contributed by atoms with Gasteiger partial charge >= 0.3 is 0 Å². The fraction of sp³-hybridized carbons (Fsp3) is 0.300. The Bertz CT molecular complexity index is 1060. The van der Waals surface area contributed by atoms with E-state index in [4.69, 9.17) is 4.98 Å². The van der Waals surface area contributed by atoms with Crippen LogP contribution in [0.4, 0.5) is 0 Å². The largest absolute Gasteiger partial charge is 0.393 e. The van der Waals surface area contributed by atoms with Crippen LogP contribution in [0.2, 0.25) is 0 Å². The van der Waals surface area contributed by atoms with Crippen LogP contribution in [0.1, 0.15) is 55.9 Å². The van der Waals surface area contributed by atoms with Crippen LogP contribution in [-0.2, 0) is 18.4 Å². The molecule has 3 nitrogen and oxygen atoms in total. The molecule has 0 bridgehead atoms. The molecule has 0 saturated heterocycles. The molecule has 0 aliphatic heterocycles. The molecule has 0 aliphatic carbocycles. The third kappa shape index (κ3) is 4.79. The van der Waals surface area contributed by atoms with E-state index in [9.17, 15) is 5.11 Å². The van der Waals surface area contributed by atoms with Gasteiger partial charge in [0.05, 0.1) is 11.8 Å². The number of benzene rings is 3. The Hall–Kier alpha value is -3.17. The molecule has 0 spiro atoms. The van der Waals surface area contributed by atoms with Crippen LogP contribution in [0.3, 0.4) is 0 Å². The minimum Gasteiger partial charge on any atom is -0.393 e. The highest BCUT2D eigenvalue weighted by Crippen LogP contribution is 2.42. The molecule has 170 valence electrons. The minimum absolute atomic E-state index is 0.107. The van der Waals surface area contributed by atoms with Crippen LogP contribution >= 0.6 is 0 Å². The molecule has 1 heterocycles. The van der Waals surface area contributed by atoms with Crippen molar-refractivity contribution in [3.63, 3.8) is 0 Å². The van der Waals surface area contributed by atoms with Gasteiger partial charge in [0.1, 0.15) is 11.4 Å². The molecule has 0 fully saturated rings. The summed E-state index contributed by atoms with van der Waals surface area (Å²) >= 11 is 0. The number of imidazole rings is 1. The fourth-order valence-electron chi connectivity index (χ4n) is 4.75. The molecule has 4 rings (SSSR count). The highest BCUT2D eigenvalue weighted by molar-refractivity contribution is 5.51. The molecule has 33 heavy (non-hydrogen) atoms. The maximum absolute atomic E-state index is 10.4. The Morgan fingerprint density at radius 3 is 1.55 bits per heavy atom. The average molecular weight is 439 g/mol. The van der Waals surface area contributed by atoms with Crippen molar-refractivity contribution in [1.29, 1.82) is 0 Å². The molecular formula is C30H34N2O. The molecule has 1 atom stereocenters. The Morgan fingerprint density at radius 2 is 1.18 bits per heavy atom. The number of hydrogen-bond donors (Lipinski definition) is 1. The van der Waals surface area contributed by atoms with Crippen molar-refractivity contribution in [1.82, 2.24) is 9.55 Å². The lowest BCUT2D eigenvalue weighted by Crippen LogP contribution is -2.39. The number of rotatable bonds is 7. The lowest BCUT2D eigenvalue weighted by molar-refractivity contribution is 0.190. The van der Waals surface area contributed by atoms with Gasteiger partial charge in [0.25, 0.3) is 0 Å². The van der Waals surface area contributed by atoms with E-state index in [1.54, 1.807) is 0 Å². The van der Waals surface area contributed by atoms with Gasteiger partial charge in [0, 0.05) is 12.6 Å². The summed E-state index contributed by atoms with van der Waals surface area (Å²) in [5.74, 6) is 0.890. The normalized spacial score (nSPS) is 13.1. The standard InChI is InChI=1S/C30H34N2O/c1-23(33)20-28-31-27(21-29(2,3)4)22-32(28)30(24-14-8-5-9-15-24,25-16-10-6-11-17-25)26-18-12-7-13-19-26/h5-19,22-23,33H,20-21H2,1-4H3. The molecule has 1 N–H and O–H groups in total. The molecular weight excluding hydrogens is 404 g/mol. The van der Waals surface area contributed by atoms with E-state index in [-0.39, 0.29) is 5.41 Å². The van der Waals surface area contributed by atoms with E-state index in [0.29, 0.717) is 6.42 Å². The number of aliphatic hydroxyl groups excluding tert-OH is 1. The summed E-state index contributed by atoms with van der Waals surface area (Å²) in [4.78, 5) is 5.08. The molecule has 4 aromatic rings. The van der Waals surface area contributed by atoms with Crippen LogP contribution in [0.15, 0.2) is 97.2 Å². The van der Waals surface area contributed by atoms with Crippen LogP contribution in [0.5, 0.6) is 0 Å². The summed E-state index contributed by atoms with van der Waals surface area (Å²) < 4.78 is 2.31. The Balaban J connectivity index is 2.10. The van der Waals surface area contributed by atoms with Gasteiger partial charge in [-0.3, -0.25) is 0 Å². The summed E-state index contributed by atoms with van der Waals surface area (Å²) in [5, 5.41) is 10.4. The molecule has 3 heteroatoms. The molecule has 0 saturated carbocycles. The zero-order valence-corrected chi connectivity index (χ0v) is 20.1.